The molecule has 1 aliphatic heterocycles. The van der Waals surface area contributed by atoms with Crippen LogP contribution in [0.2, 0.25) is 0 Å². The number of likely N-dealkylation sites (tertiary alicyclic amines) is 1. The number of methoxy groups -OCH3 is 1. The Balaban J connectivity index is 1.27. The highest BCUT2D eigenvalue weighted by atomic mass is 16.5. The van der Waals surface area contributed by atoms with Crippen molar-refractivity contribution in [1.29, 1.82) is 0 Å². The number of H-pyrrole nitrogens is 2. The lowest BCUT2D eigenvalue weighted by atomic mass is 10.0. The fourth-order valence-electron chi connectivity index (χ4n) is 5.31. The van der Waals surface area contributed by atoms with E-state index in [1.165, 1.54) is 18.4 Å². The Morgan fingerprint density at radius 1 is 0.868 bits per heavy atom. The van der Waals surface area contributed by atoms with Gasteiger partial charge in [0.15, 0.2) is 11.5 Å². The second kappa shape index (κ2) is 9.39. The normalized spacial score (nSPS) is 14.0. The molecule has 0 amide bonds. The number of pyridine rings is 2. The van der Waals surface area contributed by atoms with E-state index in [-0.39, 0.29) is 0 Å². The first-order chi connectivity index (χ1) is 18.7. The van der Waals surface area contributed by atoms with Crippen molar-refractivity contribution in [1.82, 2.24) is 35.0 Å². The topological polar surface area (TPSA) is 95.6 Å². The number of hydrogen-bond acceptors (Lipinski definition) is 6. The number of aromatic amines is 2. The zero-order valence-corrected chi connectivity index (χ0v) is 21.1. The molecule has 8 heteroatoms. The van der Waals surface area contributed by atoms with E-state index < -0.39 is 0 Å². The smallest absolute Gasteiger partial charge is 0.161 e. The second-order valence-corrected chi connectivity index (χ2v) is 9.75. The molecule has 188 valence electrons. The third-order valence-corrected chi connectivity index (χ3v) is 7.22. The van der Waals surface area contributed by atoms with Gasteiger partial charge in [0.1, 0.15) is 11.3 Å². The average molecular weight is 502 g/mol. The van der Waals surface area contributed by atoms with Crippen molar-refractivity contribution in [2.24, 2.45) is 0 Å². The summed E-state index contributed by atoms with van der Waals surface area (Å²) in [5, 5.41) is 7.71. The van der Waals surface area contributed by atoms with Gasteiger partial charge in [0.2, 0.25) is 0 Å². The molecule has 1 fully saturated rings. The van der Waals surface area contributed by atoms with Gasteiger partial charge < -0.3 is 9.72 Å². The zero-order valence-electron chi connectivity index (χ0n) is 21.1. The molecule has 0 radical (unpaired) electrons. The summed E-state index contributed by atoms with van der Waals surface area (Å²) in [5.74, 6) is 1.48. The summed E-state index contributed by atoms with van der Waals surface area (Å²) in [6, 6.07) is 20.4. The van der Waals surface area contributed by atoms with E-state index in [1.54, 1.807) is 7.11 Å². The predicted octanol–water partition coefficient (Wildman–Crippen LogP) is 5.83. The van der Waals surface area contributed by atoms with Crippen LogP contribution in [0.5, 0.6) is 5.75 Å². The molecule has 1 aliphatic rings. The van der Waals surface area contributed by atoms with Gasteiger partial charge in [-0.1, -0.05) is 24.3 Å². The molecule has 6 aromatic rings. The Bertz CT molecular complexity index is 1760. The summed E-state index contributed by atoms with van der Waals surface area (Å²) in [6.07, 6.45) is 6.38. The maximum atomic E-state index is 5.43. The minimum absolute atomic E-state index is 0.673. The lowest BCUT2D eigenvalue weighted by Crippen LogP contribution is -2.18. The number of nitrogens with zero attached hydrogens (tertiary/aromatic N) is 5. The highest BCUT2D eigenvalue weighted by molar-refractivity contribution is 5.96. The molecule has 8 nitrogen and oxygen atoms in total. The molecule has 0 unspecified atom stereocenters. The number of rotatable bonds is 6. The second-order valence-electron chi connectivity index (χ2n) is 9.75. The number of benzene rings is 2. The highest BCUT2D eigenvalue weighted by Crippen LogP contribution is 2.33. The fraction of sp³-hybridized carbons (Fsp3) is 0.200. The van der Waals surface area contributed by atoms with Gasteiger partial charge in [-0.25, -0.2) is 9.97 Å². The van der Waals surface area contributed by atoms with Crippen LogP contribution in [0.15, 0.2) is 73.1 Å². The van der Waals surface area contributed by atoms with Crippen LogP contribution in [0.4, 0.5) is 0 Å². The third kappa shape index (κ3) is 4.09. The van der Waals surface area contributed by atoms with Crippen molar-refractivity contribution in [3.8, 4) is 39.7 Å². The van der Waals surface area contributed by atoms with Gasteiger partial charge >= 0.3 is 0 Å². The number of para-hydroxylation sites is 1. The van der Waals surface area contributed by atoms with Crippen LogP contribution < -0.4 is 4.74 Å². The maximum Gasteiger partial charge on any atom is 0.161 e. The first-order valence-corrected chi connectivity index (χ1v) is 12.9. The Labute approximate surface area is 219 Å². The van der Waals surface area contributed by atoms with Crippen molar-refractivity contribution >= 4 is 22.1 Å². The SMILES string of the molecule is COc1cccc(-c2cccc3[nH]c(-c4n[nH]c5ccc(-c6cncc(CN7CCCC7)c6)nc45)nc23)c1. The number of nitrogens with one attached hydrogen (secondary N) is 2. The van der Waals surface area contributed by atoms with E-state index in [9.17, 15) is 0 Å². The van der Waals surface area contributed by atoms with Crippen LogP contribution >= 0.6 is 0 Å². The molecule has 0 saturated carbocycles. The van der Waals surface area contributed by atoms with Crippen LogP contribution in [-0.4, -0.2) is 55.2 Å². The molecule has 7 rings (SSSR count). The lowest BCUT2D eigenvalue weighted by Gasteiger charge is -2.14. The fourth-order valence-corrected chi connectivity index (χ4v) is 5.31. The van der Waals surface area contributed by atoms with E-state index >= 15 is 0 Å². The van der Waals surface area contributed by atoms with E-state index in [0.29, 0.717) is 11.5 Å². The van der Waals surface area contributed by atoms with Gasteiger partial charge in [-0.2, -0.15) is 5.10 Å². The first-order valence-electron chi connectivity index (χ1n) is 12.9. The van der Waals surface area contributed by atoms with Gasteiger partial charge in [-0.05, 0) is 73.5 Å². The third-order valence-electron chi connectivity index (χ3n) is 7.22. The van der Waals surface area contributed by atoms with Crippen LogP contribution in [0.25, 0.3) is 56.0 Å². The summed E-state index contributed by atoms with van der Waals surface area (Å²) in [5.41, 5.74) is 9.28. The molecule has 0 aliphatic carbocycles. The van der Waals surface area contributed by atoms with E-state index in [1.807, 2.05) is 54.9 Å². The minimum atomic E-state index is 0.673. The summed E-state index contributed by atoms with van der Waals surface area (Å²) in [4.78, 5) is 20.4. The van der Waals surface area contributed by atoms with Gasteiger partial charge in [-0.3, -0.25) is 15.0 Å². The molecule has 0 spiro atoms. The van der Waals surface area contributed by atoms with Crippen LogP contribution in [-0.2, 0) is 6.54 Å². The Morgan fingerprint density at radius 3 is 2.66 bits per heavy atom. The number of imidazole rings is 1. The van der Waals surface area contributed by atoms with E-state index in [4.69, 9.17) is 14.7 Å². The van der Waals surface area contributed by atoms with E-state index in [0.717, 1.165) is 69.8 Å². The molecule has 0 atom stereocenters. The van der Waals surface area contributed by atoms with Crippen LogP contribution in [0.1, 0.15) is 18.4 Å². The predicted molar refractivity (Wildman–Crippen MR) is 149 cm³/mol. The Morgan fingerprint density at radius 2 is 1.76 bits per heavy atom. The standard InChI is InChI=1S/C30H27N7O/c1-38-22-7-4-6-20(15-22)23-8-5-9-25-27(23)34-30(33-25)29-28-26(35-36-29)11-10-24(32-28)21-14-19(16-31-17-21)18-37-12-2-3-13-37/h4-11,14-17H,2-3,12-13,18H2,1H3,(H,33,34)(H,35,36). The average Bonchev–Trinajstić information content (AvgIpc) is 3.72. The molecule has 2 aromatic carbocycles. The maximum absolute atomic E-state index is 5.43. The number of hydrogen-bond donors (Lipinski definition) is 2. The Kier molecular flexibility index (Phi) is 5.59. The molecule has 2 N–H and O–H groups in total. The van der Waals surface area contributed by atoms with Gasteiger partial charge in [0.25, 0.3) is 0 Å². The zero-order chi connectivity index (χ0) is 25.5. The Hall–Kier alpha value is -4.56. The van der Waals surface area contributed by atoms with Gasteiger partial charge in [-0.15, -0.1) is 0 Å². The van der Waals surface area contributed by atoms with Gasteiger partial charge in [0, 0.05) is 30.1 Å². The summed E-state index contributed by atoms with van der Waals surface area (Å²) < 4.78 is 5.43. The van der Waals surface area contributed by atoms with E-state index in [2.05, 4.69) is 43.3 Å². The van der Waals surface area contributed by atoms with Gasteiger partial charge in [0.05, 0.1) is 29.4 Å². The molecule has 5 heterocycles. The van der Waals surface area contributed by atoms with Crippen LogP contribution in [0, 0.1) is 0 Å². The number of ether oxygens (including phenoxy) is 1. The van der Waals surface area contributed by atoms with Crippen molar-refractivity contribution in [2.75, 3.05) is 20.2 Å². The quantitative estimate of drug-likeness (QED) is 0.298. The van der Waals surface area contributed by atoms with Crippen molar-refractivity contribution < 1.29 is 4.74 Å². The largest absolute Gasteiger partial charge is 0.497 e. The molecule has 1 saturated heterocycles. The molecule has 38 heavy (non-hydrogen) atoms. The number of fused-ring (bicyclic) bond motifs is 2. The molecular weight excluding hydrogens is 474 g/mol. The molecule has 4 aromatic heterocycles. The summed E-state index contributed by atoms with van der Waals surface area (Å²) in [7, 11) is 1.68. The lowest BCUT2D eigenvalue weighted by molar-refractivity contribution is 0.331. The first kappa shape index (κ1) is 22.6. The van der Waals surface area contributed by atoms with Crippen molar-refractivity contribution in [3.63, 3.8) is 0 Å². The monoisotopic (exact) mass is 501 g/mol. The molecule has 0 bridgehead atoms. The highest BCUT2D eigenvalue weighted by Gasteiger charge is 2.18. The van der Waals surface area contributed by atoms with Crippen molar-refractivity contribution in [2.45, 2.75) is 19.4 Å². The minimum Gasteiger partial charge on any atom is -0.497 e. The van der Waals surface area contributed by atoms with Crippen LogP contribution in [0.3, 0.4) is 0 Å². The summed E-state index contributed by atoms with van der Waals surface area (Å²) >= 11 is 0. The number of aromatic nitrogens is 6. The summed E-state index contributed by atoms with van der Waals surface area (Å²) in [6.45, 7) is 3.24. The van der Waals surface area contributed by atoms with Crippen molar-refractivity contribution in [3.05, 3.63) is 78.6 Å². The molecular formula is C30H27N7O.